The van der Waals surface area contributed by atoms with Crippen molar-refractivity contribution in [3.63, 3.8) is 0 Å². The van der Waals surface area contributed by atoms with Crippen LogP contribution in [0.4, 0.5) is 10.5 Å². The Labute approximate surface area is 111 Å². The number of amides is 3. The Morgan fingerprint density at radius 1 is 1.42 bits per heavy atom. The van der Waals surface area contributed by atoms with Gasteiger partial charge in [-0.15, -0.1) is 0 Å². The molecular weight excluding hydrogens is 244 g/mol. The van der Waals surface area contributed by atoms with E-state index in [1.807, 2.05) is 24.6 Å². The van der Waals surface area contributed by atoms with E-state index in [-0.39, 0.29) is 5.91 Å². The standard InChI is InChI=1S/C13H18N4O2/c1-15-7-6-9-2-4-11-10(8-9)3-5-12(18)17(11)13(19)16-14/h2,4,8,15H,3,5-7,14H2,1H3,(H,16,19). The number of imide groups is 1. The number of hydrogen-bond donors (Lipinski definition) is 3. The molecule has 0 fully saturated rings. The van der Waals surface area contributed by atoms with Crippen molar-refractivity contribution < 1.29 is 9.59 Å². The normalized spacial score (nSPS) is 14.2. The fourth-order valence-corrected chi connectivity index (χ4v) is 2.26. The predicted octanol–water partition coefficient (Wildman–Crippen LogP) is 0.311. The SMILES string of the molecule is CNCCc1ccc2c(c1)CCC(=O)N2C(=O)NN. The van der Waals surface area contributed by atoms with Crippen LogP contribution < -0.4 is 21.5 Å². The first-order valence-corrected chi connectivity index (χ1v) is 6.27. The van der Waals surface area contributed by atoms with Crippen LogP contribution in [-0.4, -0.2) is 25.5 Å². The fraction of sp³-hybridized carbons (Fsp3) is 0.385. The minimum atomic E-state index is -0.589. The molecule has 6 nitrogen and oxygen atoms in total. The van der Waals surface area contributed by atoms with Crippen molar-refractivity contribution in [3.05, 3.63) is 29.3 Å². The van der Waals surface area contributed by atoms with Crippen LogP contribution in [0.25, 0.3) is 0 Å². The maximum Gasteiger partial charge on any atom is 0.342 e. The van der Waals surface area contributed by atoms with Crippen molar-refractivity contribution in [2.45, 2.75) is 19.3 Å². The van der Waals surface area contributed by atoms with Crippen molar-refractivity contribution in [2.24, 2.45) is 5.84 Å². The Balaban J connectivity index is 2.30. The number of fused-ring (bicyclic) bond motifs is 1. The molecule has 1 aromatic carbocycles. The van der Waals surface area contributed by atoms with Gasteiger partial charge in [0.25, 0.3) is 0 Å². The molecule has 2 rings (SSSR count). The van der Waals surface area contributed by atoms with Gasteiger partial charge < -0.3 is 5.32 Å². The molecular formula is C13H18N4O2. The predicted molar refractivity (Wildman–Crippen MR) is 72.6 cm³/mol. The van der Waals surface area contributed by atoms with E-state index in [0.29, 0.717) is 18.5 Å². The van der Waals surface area contributed by atoms with Crippen molar-refractivity contribution in [1.82, 2.24) is 10.7 Å². The Hall–Kier alpha value is -1.92. The fourth-order valence-electron chi connectivity index (χ4n) is 2.26. The smallest absolute Gasteiger partial charge is 0.319 e. The molecule has 1 aliphatic heterocycles. The second-order valence-corrected chi connectivity index (χ2v) is 4.50. The van der Waals surface area contributed by atoms with E-state index >= 15 is 0 Å². The number of nitrogens with two attached hydrogens (primary N) is 1. The lowest BCUT2D eigenvalue weighted by molar-refractivity contribution is -0.118. The second-order valence-electron chi connectivity index (χ2n) is 4.50. The number of hydrazine groups is 1. The molecule has 0 bridgehead atoms. The van der Waals surface area contributed by atoms with Gasteiger partial charge in [0.05, 0.1) is 5.69 Å². The van der Waals surface area contributed by atoms with Crippen molar-refractivity contribution in [3.8, 4) is 0 Å². The average molecular weight is 262 g/mol. The summed E-state index contributed by atoms with van der Waals surface area (Å²) in [5.74, 6) is 4.89. The number of rotatable bonds is 3. The lowest BCUT2D eigenvalue weighted by Gasteiger charge is -2.27. The van der Waals surface area contributed by atoms with E-state index in [0.717, 1.165) is 23.4 Å². The van der Waals surface area contributed by atoms with Crippen LogP contribution in [0.2, 0.25) is 0 Å². The molecule has 0 aromatic heterocycles. The van der Waals surface area contributed by atoms with Gasteiger partial charge in [-0.3, -0.25) is 10.2 Å². The zero-order valence-electron chi connectivity index (χ0n) is 10.9. The average Bonchev–Trinajstić information content (AvgIpc) is 2.44. The zero-order chi connectivity index (χ0) is 13.8. The molecule has 0 radical (unpaired) electrons. The van der Waals surface area contributed by atoms with Crippen molar-refractivity contribution in [1.29, 1.82) is 0 Å². The maximum absolute atomic E-state index is 11.8. The first kappa shape index (κ1) is 13.5. The number of likely N-dealkylation sites (N-methyl/N-ethyl adjacent to an activating group) is 1. The number of aryl methyl sites for hydroxylation is 1. The van der Waals surface area contributed by atoms with Gasteiger partial charge in [-0.25, -0.2) is 15.5 Å². The highest BCUT2D eigenvalue weighted by Gasteiger charge is 2.29. The minimum absolute atomic E-state index is 0.224. The number of urea groups is 1. The first-order valence-electron chi connectivity index (χ1n) is 6.27. The Morgan fingerprint density at radius 2 is 2.21 bits per heavy atom. The van der Waals surface area contributed by atoms with E-state index in [2.05, 4.69) is 11.4 Å². The zero-order valence-corrected chi connectivity index (χ0v) is 10.9. The van der Waals surface area contributed by atoms with E-state index < -0.39 is 6.03 Å². The highest BCUT2D eigenvalue weighted by Crippen LogP contribution is 2.28. The molecule has 0 saturated heterocycles. The monoisotopic (exact) mass is 262 g/mol. The second kappa shape index (κ2) is 5.81. The van der Waals surface area contributed by atoms with Crippen molar-refractivity contribution in [2.75, 3.05) is 18.5 Å². The van der Waals surface area contributed by atoms with Crippen LogP contribution in [0.5, 0.6) is 0 Å². The van der Waals surface area contributed by atoms with Crippen LogP contribution in [0.3, 0.4) is 0 Å². The number of carbonyl (C=O) groups excluding carboxylic acids is 2. The van der Waals surface area contributed by atoms with Crippen molar-refractivity contribution >= 4 is 17.6 Å². The summed E-state index contributed by atoms with van der Waals surface area (Å²) in [4.78, 5) is 24.6. The topological polar surface area (TPSA) is 87.5 Å². The molecule has 0 spiro atoms. The molecule has 0 saturated carbocycles. The molecule has 19 heavy (non-hydrogen) atoms. The van der Waals surface area contributed by atoms with Gasteiger partial charge in [0, 0.05) is 6.42 Å². The van der Waals surface area contributed by atoms with Gasteiger partial charge in [0.2, 0.25) is 5.91 Å². The summed E-state index contributed by atoms with van der Waals surface area (Å²) in [6.07, 6.45) is 1.91. The first-order chi connectivity index (χ1) is 9.17. The molecule has 4 N–H and O–H groups in total. The van der Waals surface area contributed by atoms with E-state index in [4.69, 9.17) is 5.84 Å². The summed E-state index contributed by atoms with van der Waals surface area (Å²) in [6.45, 7) is 0.894. The number of hydrogen-bond acceptors (Lipinski definition) is 4. The van der Waals surface area contributed by atoms with E-state index in [1.54, 1.807) is 0 Å². The molecule has 0 aliphatic carbocycles. The van der Waals surface area contributed by atoms with Crippen LogP contribution >= 0.6 is 0 Å². The Bertz CT molecular complexity index is 501. The Kier molecular flexibility index (Phi) is 4.13. The van der Waals surface area contributed by atoms with Gasteiger partial charge in [-0.2, -0.15) is 0 Å². The third kappa shape index (κ3) is 2.74. The molecule has 1 aromatic rings. The maximum atomic E-state index is 11.8. The minimum Gasteiger partial charge on any atom is -0.319 e. The Morgan fingerprint density at radius 3 is 2.89 bits per heavy atom. The number of carbonyl (C=O) groups is 2. The van der Waals surface area contributed by atoms with E-state index in [1.165, 1.54) is 5.56 Å². The summed E-state index contributed by atoms with van der Waals surface area (Å²) >= 11 is 0. The lowest BCUT2D eigenvalue weighted by Crippen LogP contribution is -2.48. The lowest BCUT2D eigenvalue weighted by atomic mass is 9.98. The summed E-state index contributed by atoms with van der Waals surface area (Å²) in [5.41, 5.74) is 4.84. The number of benzene rings is 1. The van der Waals surface area contributed by atoms with Gasteiger partial charge in [0.15, 0.2) is 0 Å². The van der Waals surface area contributed by atoms with Crippen LogP contribution in [-0.2, 0) is 17.6 Å². The number of nitrogens with zero attached hydrogens (tertiary/aromatic N) is 1. The van der Waals surface area contributed by atoms with Gasteiger partial charge in [-0.05, 0) is 43.6 Å². The molecule has 1 heterocycles. The largest absolute Gasteiger partial charge is 0.342 e. The quantitative estimate of drug-likeness (QED) is 0.415. The van der Waals surface area contributed by atoms with Gasteiger partial charge in [0.1, 0.15) is 0 Å². The number of anilines is 1. The van der Waals surface area contributed by atoms with Crippen LogP contribution in [0.1, 0.15) is 17.5 Å². The van der Waals surface area contributed by atoms with Gasteiger partial charge in [-0.1, -0.05) is 12.1 Å². The third-order valence-corrected chi connectivity index (χ3v) is 3.23. The molecule has 102 valence electrons. The highest BCUT2D eigenvalue weighted by molar-refractivity contribution is 6.15. The molecule has 0 atom stereocenters. The van der Waals surface area contributed by atoms with Crippen LogP contribution in [0.15, 0.2) is 18.2 Å². The summed E-state index contributed by atoms with van der Waals surface area (Å²) < 4.78 is 0. The highest BCUT2D eigenvalue weighted by atomic mass is 16.2. The summed E-state index contributed by atoms with van der Waals surface area (Å²) in [7, 11) is 1.91. The summed E-state index contributed by atoms with van der Waals surface area (Å²) in [6, 6.07) is 5.21. The molecule has 0 unspecified atom stereocenters. The number of nitrogens with one attached hydrogen (secondary N) is 2. The molecule has 6 heteroatoms. The van der Waals surface area contributed by atoms with E-state index in [9.17, 15) is 9.59 Å². The van der Waals surface area contributed by atoms with Crippen LogP contribution in [0, 0.1) is 0 Å². The molecule has 3 amide bonds. The van der Waals surface area contributed by atoms with Gasteiger partial charge >= 0.3 is 6.03 Å². The summed E-state index contributed by atoms with van der Waals surface area (Å²) in [5, 5.41) is 3.09. The molecule has 1 aliphatic rings. The third-order valence-electron chi connectivity index (χ3n) is 3.23.